The molecule has 4 aromatic rings. The van der Waals surface area contributed by atoms with Crippen molar-refractivity contribution in [2.75, 3.05) is 10.6 Å². The van der Waals surface area contributed by atoms with Crippen molar-refractivity contribution in [3.8, 4) is 5.69 Å². The van der Waals surface area contributed by atoms with Crippen molar-refractivity contribution in [2.24, 2.45) is 0 Å². The number of aromatic carboxylic acids is 1. The number of benzene rings is 3. The van der Waals surface area contributed by atoms with Gasteiger partial charge in [-0.3, -0.25) is 20.2 Å². The molecule has 0 aliphatic carbocycles. The number of carboxylic acids is 1. The van der Waals surface area contributed by atoms with E-state index in [1.54, 1.807) is 54.6 Å². The maximum absolute atomic E-state index is 12.7. The predicted octanol–water partition coefficient (Wildman–Crippen LogP) is 3.47. The van der Waals surface area contributed by atoms with E-state index in [0.717, 1.165) is 0 Å². The highest BCUT2D eigenvalue weighted by atomic mass is 16.4. The Hall–Kier alpha value is -4.79. The summed E-state index contributed by atoms with van der Waals surface area (Å²) in [4.78, 5) is 40.4. The molecule has 2 amide bonds. The first-order chi connectivity index (χ1) is 15.5. The Morgan fingerprint density at radius 1 is 0.688 bits per heavy atom. The van der Waals surface area contributed by atoms with Crippen molar-refractivity contribution in [1.29, 1.82) is 0 Å². The van der Waals surface area contributed by atoms with Crippen LogP contribution in [-0.4, -0.2) is 37.7 Å². The van der Waals surface area contributed by atoms with E-state index in [2.05, 4.69) is 20.7 Å². The van der Waals surface area contributed by atoms with Crippen molar-refractivity contribution in [1.82, 2.24) is 14.8 Å². The van der Waals surface area contributed by atoms with Gasteiger partial charge in [-0.2, -0.15) is 9.67 Å². The van der Waals surface area contributed by atoms with Gasteiger partial charge in [0, 0.05) is 11.1 Å². The molecular weight excluding hydrogens is 410 g/mol. The lowest BCUT2D eigenvalue weighted by molar-refractivity contribution is 0.0696. The number of aromatic nitrogens is 3. The lowest BCUT2D eigenvalue weighted by Crippen LogP contribution is -2.16. The zero-order valence-electron chi connectivity index (χ0n) is 16.6. The first-order valence-corrected chi connectivity index (χ1v) is 9.55. The summed E-state index contributed by atoms with van der Waals surface area (Å²) in [5.41, 5.74) is 1.37. The maximum atomic E-state index is 12.7. The second kappa shape index (κ2) is 8.92. The van der Waals surface area contributed by atoms with Gasteiger partial charge in [-0.1, -0.05) is 36.4 Å². The van der Waals surface area contributed by atoms with E-state index in [4.69, 9.17) is 5.11 Å². The van der Waals surface area contributed by atoms with Gasteiger partial charge in [-0.25, -0.2) is 4.79 Å². The van der Waals surface area contributed by atoms with Crippen molar-refractivity contribution < 1.29 is 19.5 Å². The Bertz CT molecular complexity index is 1270. The SMILES string of the molecule is O=C(O)c1ccc(C(=O)Nc2nc(NC(=O)c3ccccc3)nn2-c2ccccc2)cc1. The van der Waals surface area contributed by atoms with Crippen LogP contribution in [0.3, 0.4) is 0 Å². The zero-order chi connectivity index (χ0) is 22.5. The van der Waals surface area contributed by atoms with Gasteiger partial charge in [-0.15, -0.1) is 5.10 Å². The molecule has 9 nitrogen and oxygen atoms in total. The minimum atomic E-state index is -1.08. The van der Waals surface area contributed by atoms with Gasteiger partial charge in [0.2, 0.25) is 5.95 Å². The van der Waals surface area contributed by atoms with Gasteiger partial charge in [0.05, 0.1) is 11.3 Å². The van der Waals surface area contributed by atoms with E-state index in [0.29, 0.717) is 11.3 Å². The number of anilines is 2. The number of hydrogen-bond donors (Lipinski definition) is 3. The number of carboxylic acid groups (broad SMARTS) is 1. The van der Waals surface area contributed by atoms with Crippen molar-refractivity contribution in [3.05, 3.63) is 102 Å². The second-order valence-corrected chi connectivity index (χ2v) is 6.66. The van der Waals surface area contributed by atoms with Crippen LogP contribution in [0, 0.1) is 0 Å². The molecule has 3 N–H and O–H groups in total. The van der Waals surface area contributed by atoms with Crippen LogP contribution in [0.15, 0.2) is 84.9 Å². The van der Waals surface area contributed by atoms with E-state index >= 15 is 0 Å². The highest BCUT2D eigenvalue weighted by Crippen LogP contribution is 2.18. The number of carbonyl (C=O) groups excluding carboxylic acids is 2. The molecule has 0 aliphatic heterocycles. The smallest absolute Gasteiger partial charge is 0.335 e. The van der Waals surface area contributed by atoms with Gasteiger partial charge in [-0.05, 0) is 48.5 Å². The number of hydrogen-bond acceptors (Lipinski definition) is 5. The Labute approximate surface area is 182 Å². The molecule has 0 aliphatic rings. The van der Waals surface area contributed by atoms with Gasteiger partial charge >= 0.3 is 5.97 Å². The van der Waals surface area contributed by atoms with E-state index in [-0.39, 0.29) is 23.0 Å². The number of para-hydroxylation sites is 1. The number of nitrogens with one attached hydrogen (secondary N) is 2. The summed E-state index contributed by atoms with van der Waals surface area (Å²) in [5.74, 6) is -1.88. The number of carbonyl (C=O) groups is 3. The Morgan fingerprint density at radius 3 is 1.84 bits per heavy atom. The van der Waals surface area contributed by atoms with Gasteiger partial charge in [0.25, 0.3) is 17.8 Å². The minimum absolute atomic E-state index is 0.0132. The molecule has 1 heterocycles. The lowest BCUT2D eigenvalue weighted by atomic mass is 10.1. The quantitative estimate of drug-likeness (QED) is 0.433. The molecule has 0 bridgehead atoms. The summed E-state index contributed by atoms with van der Waals surface area (Å²) >= 11 is 0. The van der Waals surface area contributed by atoms with Crippen LogP contribution in [0.4, 0.5) is 11.9 Å². The summed E-state index contributed by atoms with van der Waals surface area (Å²) < 4.78 is 1.39. The third-order valence-corrected chi connectivity index (χ3v) is 4.49. The summed E-state index contributed by atoms with van der Waals surface area (Å²) in [6.07, 6.45) is 0. The summed E-state index contributed by atoms with van der Waals surface area (Å²) in [5, 5.41) is 18.6. The molecule has 32 heavy (non-hydrogen) atoms. The van der Waals surface area contributed by atoms with Crippen molar-refractivity contribution >= 4 is 29.7 Å². The molecule has 0 atom stereocenters. The number of rotatable bonds is 6. The summed E-state index contributed by atoms with van der Waals surface area (Å²) in [6.45, 7) is 0. The van der Waals surface area contributed by atoms with Crippen LogP contribution in [0.5, 0.6) is 0 Å². The molecule has 0 radical (unpaired) electrons. The number of nitrogens with zero attached hydrogens (tertiary/aromatic N) is 3. The van der Waals surface area contributed by atoms with Crippen LogP contribution >= 0.6 is 0 Å². The molecule has 1 aromatic heterocycles. The Kier molecular flexibility index (Phi) is 5.71. The second-order valence-electron chi connectivity index (χ2n) is 6.66. The molecule has 158 valence electrons. The molecule has 3 aromatic carbocycles. The summed E-state index contributed by atoms with van der Waals surface area (Å²) in [6, 6.07) is 23.1. The van der Waals surface area contributed by atoms with E-state index < -0.39 is 17.8 Å². The first-order valence-electron chi connectivity index (χ1n) is 9.55. The largest absolute Gasteiger partial charge is 0.478 e. The highest BCUT2D eigenvalue weighted by molar-refractivity contribution is 6.05. The van der Waals surface area contributed by atoms with Crippen molar-refractivity contribution in [3.63, 3.8) is 0 Å². The average molecular weight is 427 g/mol. The van der Waals surface area contributed by atoms with E-state index in [9.17, 15) is 14.4 Å². The molecular formula is C23H17N5O4. The normalized spacial score (nSPS) is 10.4. The van der Waals surface area contributed by atoms with Crippen molar-refractivity contribution in [2.45, 2.75) is 0 Å². The fraction of sp³-hybridized carbons (Fsp3) is 0. The van der Waals surface area contributed by atoms with Crippen LogP contribution in [0.1, 0.15) is 31.1 Å². The maximum Gasteiger partial charge on any atom is 0.335 e. The standard InChI is InChI=1S/C23H17N5O4/c29-19(15-7-3-1-4-8-15)24-22-26-23(28(27-22)18-9-5-2-6-10-18)25-20(30)16-11-13-17(14-12-16)21(31)32/h1-14H,(H,31,32)(H2,24,25,26,27,29,30). The Balaban J connectivity index is 1.62. The van der Waals surface area contributed by atoms with E-state index in [1.807, 2.05) is 6.07 Å². The topological polar surface area (TPSA) is 126 Å². The molecule has 9 heteroatoms. The molecule has 0 saturated heterocycles. The Morgan fingerprint density at radius 2 is 1.22 bits per heavy atom. The minimum Gasteiger partial charge on any atom is -0.478 e. The molecule has 0 spiro atoms. The third kappa shape index (κ3) is 4.51. The fourth-order valence-electron chi connectivity index (χ4n) is 2.90. The van der Waals surface area contributed by atoms with Crippen LogP contribution in [-0.2, 0) is 0 Å². The highest BCUT2D eigenvalue weighted by Gasteiger charge is 2.17. The molecule has 0 saturated carbocycles. The molecule has 0 fully saturated rings. The lowest BCUT2D eigenvalue weighted by Gasteiger charge is -2.07. The van der Waals surface area contributed by atoms with Crippen LogP contribution in [0.2, 0.25) is 0 Å². The van der Waals surface area contributed by atoms with Gasteiger partial charge < -0.3 is 5.11 Å². The summed E-state index contributed by atoms with van der Waals surface area (Å²) in [7, 11) is 0. The predicted molar refractivity (Wildman–Crippen MR) is 117 cm³/mol. The first kappa shape index (κ1) is 20.5. The molecule has 0 unspecified atom stereocenters. The number of amides is 2. The van der Waals surface area contributed by atoms with Gasteiger partial charge in [0.1, 0.15) is 0 Å². The third-order valence-electron chi connectivity index (χ3n) is 4.49. The van der Waals surface area contributed by atoms with Crippen LogP contribution < -0.4 is 10.6 Å². The van der Waals surface area contributed by atoms with Crippen LogP contribution in [0.25, 0.3) is 5.69 Å². The van der Waals surface area contributed by atoms with Gasteiger partial charge in [0.15, 0.2) is 0 Å². The van der Waals surface area contributed by atoms with E-state index in [1.165, 1.54) is 28.9 Å². The zero-order valence-corrected chi connectivity index (χ0v) is 16.6. The average Bonchev–Trinajstić information content (AvgIpc) is 3.22. The monoisotopic (exact) mass is 427 g/mol. The molecule has 4 rings (SSSR count). The fourth-order valence-corrected chi connectivity index (χ4v) is 2.90.